The number of rotatable bonds is 7. The van der Waals surface area contributed by atoms with E-state index in [2.05, 4.69) is 4.98 Å². The van der Waals surface area contributed by atoms with Gasteiger partial charge in [-0.15, -0.1) is 11.3 Å². The molecule has 1 saturated heterocycles. The molecular formula is C28H31F2N3O4S2. The molecule has 3 aromatic rings. The molecule has 1 aliphatic heterocycles. The van der Waals surface area contributed by atoms with Crippen molar-refractivity contribution in [1.29, 1.82) is 0 Å². The average molecular weight is 576 g/mol. The largest absolute Gasteiger partial charge is 0.497 e. The number of methoxy groups -OCH3 is 1. The fraction of sp³-hybridized carbons (Fsp3) is 0.500. The van der Waals surface area contributed by atoms with Crippen LogP contribution in [0.2, 0.25) is 0 Å². The normalized spacial score (nSPS) is 26.6. The Balaban J connectivity index is 1.28. The van der Waals surface area contributed by atoms with E-state index in [1.165, 1.54) is 34.9 Å². The number of fused-ring (bicyclic) bond motifs is 1. The summed E-state index contributed by atoms with van der Waals surface area (Å²) in [5, 5.41) is 0. The van der Waals surface area contributed by atoms with Crippen LogP contribution in [0.3, 0.4) is 0 Å². The predicted molar refractivity (Wildman–Crippen MR) is 144 cm³/mol. The standard InChI is InChI=1S/C28H31F2N3O4S2/c1-37-21-5-7-22(8-6-21)39(35,36)33-14-2-3-24(33)26(34)32(16-19-4-9-25-23(15-19)31-18-38-25)20-10-12-27(13-11-20)17-28(27,29)30/h4-9,15,18,20,24H,2-3,10-14,16-17H2,1H3. The highest BCUT2D eigenvalue weighted by atomic mass is 32.2. The number of aromatic nitrogens is 1. The van der Waals surface area contributed by atoms with Crippen molar-refractivity contribution in [3.63, 3.8) is 0 Å². The number of sulfonamides is 1. The lowest BCUT2D eigenvalue weighted by atomic mass is 9.82. The van der Waals surface area contributed by atoms with Gasteiger partial charge in [-0.3, -0.25) is 4.79 Å². The summed E-state index contributed by atoms with van der Waals surface area (Å²) < 4.78 is 62.9. The molecule has 6 rings (SSSR count). The van der Waals surface area contributed by atoms with E-state index in [0.717, 1.165) is 15.8 Å². The van der Waals surface area contributed by atoms with E-state index in [1.807, 2.05) is 18.2 Å². The second kappa shape index (κ2) is 9.78. The predicted octanol–water partition coefficient (Wildman–Crippen LogP) is 5.45. The molecule has 7 nitrogen and oxygen atoms in total. The molecule has 208 valence electrons. The van der Waals surface area contributed by atoms with E-state index in [0.29, 0.717) is 44.3 Å². The van der Waals surface area contributed by atoms with Crippen molar-refractivity contribution in [2.75, 3.05) is 13.7 Å². The van der Waals surface area contributed by atoms with Crippen molar-refractivity contribution in [3.05, 3.63) is 53.5 Å². The number of hydrogen-bond acceptors (Lipinski definition) is 6. The molecule has 3 aliphatic rings. The number of benzene rings is 2. The molecule has 11 heteroatoms. The Bertz CT molecular complexity index is 1480. The zero-order chi connectivity index (χ0) is 27.4. The van der Waals surface area contributed by atoms with Crippen molar-refractivity contribution in [2.45, 2.75) is 74.4 Å². The second-order valence-electron chi connectivity index (χ2n) is 11.0. The molecule has 1 unspecified atom stereocenters. The number of ether oxygens (including phenoxy) is 1. The van der Waals surface area contributed by atoms with Gasteiger partial charge in [0.05, 0.1) is 27.7 Å². The quantitative estimate of drug-likeness (QED) is 0.374. The first-order chi connectivity index (χ1) is 18.6. The minimum absolute atomic E-state index is 0.0718. The summed E-state index contributed by atoms with van der Waals surface area (Å²) in [6.07, 6.45) is 2.64. The molecule has 1 atom stereocenters. The third-order valence-electron chi connectivity index (χ3n) is 8.75. The SMILES string of the molecule is COc1ccc(S(=O)(=O)N2CCCC2C(=O)N(Cc2ccc3scnc3c2)C2CCC3(CC2)CC3(F)F)cc1. The Morgan fingerprint density at radius 3 is 2.54 bits per heavy atom. The van der Waals surface area contributed by atoms with Crippen LogP contribution in [0, 0.1) is 5.41 Å². The van der Waals surface area contributed by atoms with Gasteiger partial charge in [-0.25, -0.2) is 22.2 Å². The molecule has 0 radical (unpaired) electrons. The summed E-state index contributed by atoms with van der Waals surface area (Å²) in [6.45, 7) is 0.538. The molecule has 39 heavy (non-hydrogen) atoms. The number of thiazole rings is 1. The topological polar surface area (TPSA) is 79.8 Å². The summed E-state index contributed by atoms with van der Waals surface area (Å²) in [6, 6.07) is 11.0. The van der Waals surface area contributed by atoms with Crippen LogP contribution in [0.15, 0.2) is 52.9 Å². The maximum atomic E-state index is 14.2. The highest BCUT2D eigenvalue weighted by molar-refractivity contribution is 7.89. The lowest BCUT2D eigenvalue weighted by Gasteiger charge is -2.39. The van der Waals surface area contributed by atoms with Gasteiger partial charge in [0.25, 0.3) is 5.92 Å². The van der Waals surface area contributed by atoms with Gasteiger partial charge in [-0.1, -0.05) is 6.07 Å². The molecule has 3 fully saturated rings. The Morgan fingerprint density at radius 1 is 1.15 bits per heavy atom. The molecule has 1 amide bonds. The van der Waals surface area contributed by atoms with Crippen molar-refractivity contribution >= 4 is 37.5 Å². The van der Waals surface area contributed by atoms with Crippen LogP contribution in [0.4, 0.5) is 8.78 Å². The monoisotopic (exact) mass is 575 g/mol. The summed E-state index contributed by atoms with van der Waals surface area (Å²) in [7, 11) is -2.41. The second-order valence-corrected chi connectivity index (χ2v) is 13.7. The van der Waals surface area contributed by atoms with Crippen LogP contribution in [-0.2, 0) is 21.4 Å². The van der Waals surface area contributed by atoms with Gasteiger partial charge in [-0.2, -0.15) is 4.31 Å². The summed E-state index contributed by atoms with van der Waals surface area (Å²) in [5.74, 6) is -2.33. The number of carbonyl (C=O) groups is 1. The molecule has 2 aromatic carbocycles. The minimum Gasteiger partial charge on any atom is -0.497 e. The van der Waals surface area contributed by atoms with E-state index in [1.54, 1.807) is 22.5 Å². The summed E-state index contributed by atoms with van der Waals surface area (Å²) in [5.41, 5.74) is 2.58. The molecule has 2 saturated carbocycles. The Hall–Kier alpha value is -2.63. The zero-order valence-corrected chi connectivity index (χ0v) is 23.3. The Morgan fingerprint density at radius 2 is 1.87 bits per heavy atom. The first-order valence-corrected chi connectivity index (χ1v) is 15.6. The summed E-state index contributed by atoms with van der Waals surface area (Å²) >= 11 is 1.54. The Kier molecular flexibility index (Phi) is 6.67. The molecule has 1 aromatic heterocycles. The fourth-order valence-electron chi connectivity index (χ4n) is 6.32. The van der Waals surface area contributed by atoms with Gasteiger partial charge in [0.2, 0.25) is 15.9 Å². The van der Waals surface area contributed by atoms with Crippen LogP contribution in [-0.4, -0.2) is 60.2 Å². The number of halogens is 2. The van der Waals surface area contributed by atoms with Crippen molar-refractivity contribution in [1.82, 2.24) is 14.2 Å². The van der Waals surface area contributed by atoms with Gasteiger partial charge >= 0.3 is 0 Å². The van der Waals surface area contributed by atoms with E-state index in [-0.39, 0.29) is 36.4 Å². The van der Waals surface area contributed by atoms with Crippen LogP contribution >= 0.6 is 11.3 Å². The zero-order valence-electron chi connectivity index (χ0n) is 21.7. The lowest BCUT2D eigenvalue weighted by Crippen LogP contribution is -2.51. The number of alkyl halides is 2. The fourth-order valence-corrected chi connectivity index (χ4v) is 8.63. The molecule has 2 heterocycles. The smallest absolute Gasteiger partial charge is 0.254 e. The lowest BCUT2D eigenvalue weighted by molar-refractivity contribution is -0.139. The maximum Gasteiger partial charge on any atom is 0.254 e. The molecular weight excluding hydrogens is 544 g/mol. The van der Waals surface area contributed by atoms with Crippen molar-refractivity contribution in [3.8, 4) is 5.75 Å². The molecule has 1 spiro atoms. The highest BCUT2D eigenvalue weighted by Gasteiger charge is 2.70. The van der Waals surface area contributed by atoms with E-state index >= 15 is 0 Å². The van der Waals surface area contributed by atoms with Crippen molar-refractivity contribution in [2.24, 2.45) is 5.41 Å². The number of carbonyl (C=O) groups excluding carboxylic acids is 1. The van der Waals surface area contributed by atoms with Gasteiger partial charge in [0.1, 0.15) is 11.8 Å². The molecule has 0 N–H and O–H groups in total. The average Bonchev–Trinajstić information content (AvgIpc) is 3.38. The Labute approximate surface area is 230 Å². The first kappa shape index (κ1) is 26.6. The van der Waals surface area contributed by atoms with Gasteiger partial charge in [0.15, 0.2) is 0 Å². The van der Waals surface area contributed by atoms with Crippen LogP contribution in [0.1, 0.15) is 50.5 Å². The third-order valence-corrected chi connectivity index (χ3v) is 11.5. The summed E-state index contributed by atoms with van der Waals surface area (Å²) in [4.78, 5) is 20.5. The maximum absolute atomic E-state index is 14.2. The number of hydrogen-bond donors (Lipinski definition) is 0. The van der Waals surface area contributed by atoms with Crippen molar-refractivity contribution < 1.29 is 26.7 Å². The van der Waals surface area contributed by atoms with Crippen LogP contribution in [0.25, 0.3) is 10.2 Å². The van der Waals surface area contributed by atoms with E-state index < -0.39 is 27.4 Å². The molecule has 2 aliphatic carbocycles. The number of nitrogens with zero attached hydrogens (tertiary/aromatic N) is 3. The van der Waals surface area contributed by atoms with Gasteiger partial charge in [-0.05, 0) is 80.5 Å². The van der Waals surface area contributed by atoms with Gasteiger partial charge in [0, 0.05) is 31.0 Å². The minimum atomic E-state index is -3.92. The van der Waals surface area contributed by atoms with Crippen LogP contribution in [0.5, 0.6) is 5.75 Å². The number of amides is 1. The van der Waals surface area contributed by atoms with E-state index in [9.17, 15) is 22.0 Å². The van der Waals surface area contributed by atoms with Crippen LogP contribution < -0.4 is 4.74 Å². The van der Waals surface area contributed by atoms with Gasteiger partial charge < -0.3 is 9.64 Å². The van der Waals surface area contributed by atoms with E-state index in [4.69, 9.17) is 4.74 Å². The third kappa shape index (κ3) is 4.72. The first-order valence-electron chi connectivity index (χ1n) is 13.3. The highest BCUT2D eigenvalue weighted by Crippen LogP contribution is 2.67. The molecule has 0 bridgehead atoms.